The highest BCUT2D eigenvalue weighted by molar-refractivity contribution is 7.92. The molecule has 40 heavy (non-hydrogen) atoms. The Balaban J connectivity index is 2.06. The fourth-order valence-corrected chi connectivity index (χ4v) is 5.44. The number of methoxy groups -OCH3 is 1. The van der Waals surface area contributed by atoms with Crippen molar-refractivity contribution in [2.75, 3.05) is 30.8 Å². The molecule has 3 rings (SSSR count). The molecule has 0 fully saturated rings. The van der Waals surface area contributed by atoms with Gasteiger partial charge in [0.2, 0.25) is 21.8 Å². The first-order valence-corrected chi connectivity index (χ1v) is 15.3. The van der Waals surface area contributed by atoms with Crippen LogP contribution in [0.4, 0.5) is 5.69 Å². The number of nitrogens with one attached hydrogen (secondary N) is 1. The van der Waals surface area contributed by atoms with E-state index in [2.05, 4.69) is 5.32 Å². The highest BCUT2D eigenvalue weighted by Gasteiger charge is 2.33. The van der Waals surface area contributed by atoms with Crippen LogP contribution in [0.2, 0.25) is 10.0 Å². The molecule has 3 aromatic rings. The molecule has 214 valence electrons. The van der Waals surface area contributed by atoms with Gasteiger partial charge in [-0.1, -0.05) is 78.7 Å². The monoisotopic (exact) mass is 605 g/mol. The molecule has 1 atom stereocenters. The fraction of sp³-hybridized carbons (Fsp3) is 0.310. The Kier molecular flexibility index (Phi) is 11.2. The Bertz CT molecular complexity index is 1420. The highest BCUT2D eigenvalue weighted by Crippen LogP contribution is 2.30. The van der Waals surface area contributed by atoms with Crippen LogP contribution in [0.1, 0.15) is 24.5 Å². The van der Waals surface area contributed by atoms with Crippen molar-refractivity contribution < 1.29 is 22.7 Å². The quantitative estimate of drug-likeness (QED) is 0.298. The molecule has 0 aromatic heterocycles. The molecule has 1 unspecified atom stereocenters. The van der Waals surface area contributed by atoms with Gasteiger partial charge >= 0.3 is 0 Å². The largest absolute Gasteiger partial charge is 0.495 e. The molecular weight excluding hydrogens is 573 g/mol. The van der Waals surface area contributed by atoms with Gasteiger partial charge in [-0.3, -0.25) is 13.9 Å². The molecule has 0 aliphatic carbocycles. The van der Waals surface area contributed by atoms with Crippen molar-refractivity contribution in [3.63, 3.8) is 0 Å². The van der Waals surface area contributed by atoms with Gasteiger partial charge in [-0.2, -0.15) is 0 Å². The lowest BCUT2D eigenvalue weighted by Crippen LogP contribution is -2.53. The van der Waals surface area contributed by atoms with E-state index >= 15 is 0 Å². The molecule has 0 bridgehead atoms. The molecule has 0 spiro atoms. The summed E-state index contributed by atoms with van der Waals surface area (Å²) in [4.78, 5) is 28.9. The van der Waals surface area contributed by atoms with Crippen molar-refractivity contribution in [1.29, 1.82) is 0 Å². The average molecular weight is 607 g/mol. The third kappa shape index (κ3) is 8.36. The van der Waals surface area contributed by atoms with E-state index in [9.17, 15) is 18.0 Å². The van der Waals surface area contributed by atoms with E-state index in [1.54, 1.807) is 24.3 Å². The molecule has 0 radical (unpaired) electrons. The van der Waals surface area contributed by atoms with Crippen LogP contribution < -0.4 is 14.4 Å². The maximum absolute atomic E-state index is 14.0. The molecule has 0 saturated heterocycles. The maximum Gasteiger partial charge on any atom is 0.244 e. The number of rotatable bonds is 13. The van der Waals surface area contributed by atoms with Crippen molar-refractivity contribution in [2.24, 2.45) is 0 Å². The minimum atomic E-state index is -3.92. The summed E-state index contributed by atoms with van der Waals surface area (Å²) in [6.45, 7) is 1.80. The number of amides is 2. The number of ether oxygens (including phenoxy) is 1. The highest BCUT2D eigenvalue weighted by atomic mass is 35.5. The van der Waals surface area contributed by atoms with E-state index in [-0.39, 0.29) is 29.6 Å². The minimum Gasteiger partial charge on any atom is -0.495 e. The van der Waals surface area contributed by atoms with Crippen LogP contribution in [0.5, 0.6) is 5.75 Å². The minimum absolute atomic E-state index is 0.00345. The van der Waals surface area contributed by atoms with Crippen molar-refractivity contribution >= 4 is 50.7 Å². The molecule has 0 aliphatic heterocycles. The van der Waals surface area contributed by atoms with Gasteiger partial charge in [0, 0.05) is 24.5 Å². The van der Waals surface area contributed by atoms with E-state index in [4.69, 9.17) is 27.9 Å². The van der Waals surface area contributed by atoms with Crippen LogP contribution in [0.3, 0.4) is 0 Å². The van der Waals surface area contributed by atoms with E-state index in [1.807, 2.05) is 37.3 Å². The number of carbonyl (C=O) groups excluding carboxylic acids is 2. The number of hydrogen-bond donors (Lipinski definition) is 1. The van der Waals surface area contributed by atoms with Crippen LogP contribution in [0.15, 0.2) is 72.8 Å². The standard InChI is InChI=1S/C29H33Cl2N3O5S/c1-4-16-32-29(36)26(17-21-10-6-5-7-11-21)33(19-22-12-8-9-13-24(22)30)28(35)20-34(40(3,37)38)23-14-15-27(39-2)25(31)18-23/h5-15,18,26H,4,16-17,19-20H2,1-3H3,(H,32,36). The fourth-order valence-electron chi connectivity index (χ4n) is 4.15. The lowest BCUT2D eigenvalue weighted by atomic mass is 10.0. The van der Waals surface area contributed by atoms with Gasteiger partial charge in [0.25, 0.3) is 0 Å². The molecular formula is C29H33Cl2N3O5S. The first-order chi connectivity index (χ1) is 19.0. The smallest absolute Gasteiger partial charge is 0.244 e. The Labute approximate surface area is 245 Å². The van der Waals surface area contributed by atoms with Gasteiger partial charge in [0.05, 0.1) is 24.1 Å². The summed E-state index contributed by atoms with van der Waals surface area (Å²) >= 11 is 12.7. The first-order valence-electron chi connectivity index (χ1n) is 12.7. The van der Waals surface area contributed by atoms with Crippen molar-refractivity contribution in [3.05, 3.63) is 94.0 Å². The zero-order chi connectivity index (χ0) is 29.3. The van der Waals surface area contributed by atoms with Gasteiger partial charge in [-0.05, 0) is 41.8 Å². The summed E-state index contributed by atoms with van der Waals surface area (Å²) in [7, 11) is -2.48. The summed E-state index contributed by atoms with van der Waals surface area (Å²) < 4.78 is 31.9. The summed E-state index contributed by atoms with van der Waals surface area (Å²) in [5, 5.41) is 3.51. The summed E-state index contributed by atoms with van der Waals surface area (Å²) in [6, 6.07) is 19.9. The van der Waals surface area contributed by atoms with Gasteiger partial charge in [0.1, 0.15) is 18.3 Å². The second kappa shape index (κ2) is 14.4. The number of benzene rings is 3. The van der Waals surface area contributed by atoms with Crippen LogP contribution >= 0.6 is 23.2 Å². The Morgan fingerprint density at radius 1 is 0.975 bits per heavy atom. The van der Waals surface area contributed by atoms with Crippen LogP contribution in [-0.4, -0.2) is 57.6 Å². The SMILES string of the molecule is CCCNC(=O)C(Cc1ccccc1)N(Cc1ccccc1Cl)C(=O)CN(c1ccc(OC)c(Cl)c1)S(C)(=O)=O. The van der Waals surface area contributed by atoms with Crippen molar-refractivity contribution in [2.45, 2.75) is 32.4 Å². The Morgan fingerprint density at radius 3 is 2.25 bits per heavy atom. The molecule has 3 aromatic carbocycles. The van der Waals surface area contributed by atoms with Crippen LogP contribution in [0, 0.1) is 0 Å². The lowest BCUT2D eigenvalue weighted by molar-refractivity contribution is -0.140. The number of sulfonamides is 1. The van der Waals surface area contributed by atoms with Crippen LogP contribution in [-0.2, 0) is 32.6 Å². The second-order valence-corrected chi connectivity index (χ2v) is 11.9. The molecule has 2 amide bonds. The summed E-state index contributed by atoms with van der Waals surface area (Å²) in [5.74, 6) is -0.560. The van der Waals surface area contributed by atoms with E-state index in [0.29, 0.717) is 29.3 Å². The molecule has 0 saturated carbocycles. The number of halogens is 2. The normalized spacial score (nSPS) is 11.9. The van der Waals surface area contributed by atoms with E-state index in [0.717, 1.165) is 16.1 Å². The summed E-state index contributed by atoms with van der Waals surface area (Å²) in [5.41, 5.74) is 1.66. The van der Waals surface area contributed by atoms with Gasteiger partial charge in [-0.25, -0.2) is 8.42 Å². The van der Waals surface area contributed by atoms with E-state index < -0.39 is 28.5 Å². The molecule has 11 heteroatoms. The van der Waals surface area contributed by atoms with E-state index in [1.165, 1.54) is 30.2 Å². The van der Waals surface area contributed by atoms with Gasteiger partial charge in [-0.15, -0.1) is 0 Å². The van der Waals surface area contributed by atoms with Crippen molar-refractivity contribution in [1.82, 2.24) is 10.2 Å². The third-order valence-electron chi connectivity index (χ3n) is 6.22. The number of hydrogen-bond acceptors (Lipinski definition) is 5. The maximum atomic E-state index is 14.0. The first kappa shape index (κ1) is 31.3. The lowest BCUT2D eigenvalue weighted by Gasteiger charge is -2.33. The van der Waals surface area contributed by atoms with Crippen LogP contribution in [0.25, 0.3) is 0 Å². The topological polar surface area (TPSA) is 96.0 Å². The Morgan fingerprint density at radius 2 is 1.65 bits per heavy atom. The molecule has 0 aliphatic rings. The number of carbonyl (C=O) groups is 2. The molecule has 1 N–H and O–H groups in total. The van der Waals surface area contributed by atoms with Gasteiger partial charge < -0.3 is 15.0 Å². The zero-order valence-electron chi connectivity index (χ0n) is 22.6. The predicted molar refractivity (Wildman–Crippen MR) is 159 cm³/mol. The summed E-state index contributed by atoms with van der Waals surface area (Å²) in [6.07, 6.45) is 1.94. The third-order valence-corrected chi connectivity index (χ3v) is 8.03. The Hall–Kier alpha value is -3.27. The second-order valence-electron chi connectivity index (χ2n) is 9.20. The predicted octanol–water partition coefficient (Wildman–Crippen LogP) is 4.93. The number of anilines is 1. The molecule has 8 nitrogen and oxygen atoms in total. The molecule has 0 heterocycles. The zero-order valence-corrected chi connectivity index (χ0v) is 25.0. The van der Waals surface area contributed by atoms with Gasteiger partial charge in [0.15, 0.2) is 0 Å². The van der Waals surface area contributed by atoms with Crippen molar-refractivity contribution in [3.8, 4) is 5.75 Å². The average Bonchev–Trinajstić information content (AvgIpc) is 2.93. The number of nitrogens with zero attached hydrogens (tertiary/aromatic N) is 2.